The molecule has 8 heteroatoms. The van der Waals surface area contributed by atoms with Gasteiger partial charge in [-0.15, -0.1) is 0 Å². The maximum atomic E-state index is 11.8. The van der Waals surface area contributed by atoms with E-state index in [0.29, 0.717) is 11.4 Å². The molecule has 0 amide bonds. The Morgan fingerprint density at radius 3 is 1.06 bits per heavy atom. The van der Waals surface area contributed by atoms with Gasteiger partial charge < -0.3 is 20.2 Å². The Hall–Kier alpha value is -7.58. The lowest BCUT2D eigenvalue weighted by Crippen LogP contribution is -1.96. The van der Waals surface area contributed by atoms with Crippen LogP contribution in [0.2, 0.25) is 0 Å². The highest BCUT2D eigenvalue weighted by molar-refractivity contribution is 6.01. The van der Waals surface area contributed by atoms with Crippen LogP contribution in [0.25, 0.3) is 90.9 Å². The number of hydrogen-bond donors (Lipinski definition) is 4. The summed E-state index contributed by atoms with van der Waals surface area (Å²) in [4.78, 5) is 41.4. The number of H-pyrrole nitrogens is 2. The van der Waals surface area contributed by atoms with Gasteiger partial charge in [-0.1, -0.05) is 84.9 Å². The van der Waals surface area contributed by atoms with Gasteiger partial charge in [-0.3, -0.25) is 0 Å². The average Bonchev–Trinajstić information content (AvgIpc) is 4.04. The molecule has 54 heavy (non-hydrogen) atoms. The van der Waals surface area contributed by atoms with E-state index in [0.717, 1.165) is 78.0 Å². The van der Waals surface area contributed by atoms with E-state index >= 15 is 0 Å². The lowest BCUT2D eigenvalue weighted by molar-refractivity contribution is 0.0686. The van der Waals surface area contributed by atoms with E-state index in [-0.39, 0.29) is 11.1 Å². The van der Waals surface area contributed by atoms with Gasteiger partial charge in [0.05, 0.1) is 33.9 Å². The molecule has 0 saturated heterocycles. The molecule has 5 heterocycles. The SMILES string of the molecule is O=C(O)c1ccc(-c2c3nc(c(-c4ccccc4)c4ccc([nH]4)c(-c4ccc(C(=O)O)cc4)c4ccc([nH]4)c(-c4ccccc4)c4nc2C=C4)C=C3)cc1. The summed E-state index contributed by atoms with van der Waals surface area (Å²) in [6.07, 6.45) is 7.96. The Labute approximate surface area is 309 Å². The first kappa shape index (κ1) is 32.3. The fraction of sp³-hybridized carbons (Fsp3) is 0. The molecule has 3 aromatic heterocycles. The van der Waals surface area contributed by atoms with Crippen molar-refractivity contribution < 1.29 is 19.8 Å². The molecule has 2 aliphatic heterocycles. The van der Waals surface area contributed by atoms with Crippen LogP contribution >= 0.6 is 0 Å². The highest BCUT2D eigenvalue weighted by Crippen LogP contribution is 2.38. The van der Waals surface area contributed by atoms with Crippen molar-refractivity contribution in [2.24, 2.45) is 0 Å². The van der Waals surface area contributed by atoms with Crippen molar-refractivity contribution in [1.82, 2.24) is 19.9 Å². The molecule has 9 rings (SSSR count). The van der Waals surface area contributed by atoms with Gasteiger partial charge in [-0.05, 0) is 95.1 Å². The molecule has 4 aromatic carbocycles. The molecule has 0 radical (unpaired) electrons. The number of hydrogen-bond acceptors (Lipinski definition) is 4. The molecular weight excluding hydrogens is 673 g/mol. The predicted molar refractivity (Wildman–Crippen MR) is 215 cm³/mol. The van der Waals surface area contributed by atoms with E-state index in [2.05, 4.69) is 34.2 Å². The summed E-state index contributed by atoms with van der Waals surface area (Å²) in [5.74, 6) is -1.98. The van der Waals surface area contributed by atoms with Crippen LogP contribution in [0.15, 0.2) is 133 Å². The van der Waals surface area contributed by atoms with Gasteiger partial charge >= 0.3 is 11.9 Å². The molecule has 7 aromatic rings. The number of nitrogens with zero attached hydrogens (tertiary/aromatic N) is 2. The van der Waals surface area contributed by atoms with Crippen molar-refractivity contribution in [3.8, 4) is 44.5 Å². The van der Waals surface area contributed by atoms with Crippen molar-refractivity contribution in [2.75, 3.05) is 0 Å². The minimum atomic E-state index is -0.996. The number of benzene rings is 4. The molecule has 0 spiro atoms. The Balaban J connectivity index is 1.44. The van der Waals surface area contributed by atoms with E-state index in [4.69, 9.17) is 9.97 Å². The van der Waals surface area contributed by atoms with Gasteiger partial charge in [0.2, 0.25) is 0 Å². The number of aromatic amines is 2. The third-order valence-corrected chi connectivity index (χ3v) is 9.72. The van der Waals surface area contributed by atoms with Crippen molar-refractivity contribution in [1.29, 1.82) is 0 Å². The molecule has 0 unspecified atom stereocenters. The summed E-state index contributed by atoms with van der Waals surface area (Å²) >= 11 is 0. The van der Waals surface area contributed by atoms with Crippen molar-refractivity contribution in [3.05, 3.63) is 167 Å². The standard InChI is InChI=1S/C46H30N4O4/c51-45(52)31-15-11-29(12-16-31)43-37-23-19-33(47-37)41(27-7-3-1-4-8-27)34-20-24-38(48-34)44(30-13-17-32(18-14-30)46(53)54)40-26-22-36(50-40)42(28-9-5-2-6-10-28)35-21-25-39(43)49-35/h1-26,47,49H,(H,51,52)(H,53,54). The van der Waals surface area contributed by atoms with E-state index in [1.807, 2.05) is 97.1 Å². The quantitative estimate of drug-likeness (QED) is 0.136. The first-order chi connectivity index (χ1) is 26.4. The van der Waals surface area contributed by atoms with Crippen LogP contribution in [0.3, 0.4) is 0 Å². The lowest BCUT2D eigenvalue weighted by atomic mass is 10.0. The van der Waals surface area contributed by atoms with Gasteiger partial charge in [-0.2, -0.15) is 0 Å². The van der Waals surface area contributed by atoms with Crippen molar-refractivity contribution in [3.63, 3.8) is 0 Å². The zero-order valence-electron chi connectivity index (χ0n) is 28.6. The summed E-state index contributed by atoms with van der Waals surface area (Å²) in [6.45, 7) is 0. The maximum Gasteiger partial charge on any atom is 0.335 e. The van der Waals surface area contributed by atoms with Crippen molar-refractivity contribution >= 4 is 58.3 Å². The highest BCUT2D eigenvalue weighted by atomic mass is 16.4. The topological polar surface area (TPSA) is 132 Å². The average molecular weight is 703 g/mol. The molecule has 0 saturated carbocycles. The van der Waals surface area contributed by atoms with E-state index in [1.54, 1.807) is 36.4 Å². The summed E-state index contributed by atoms with van der Waals surface area (Å²) in [6, 6.07) is 42.0. The normalized spacial score (nSPS) is 11.9. The summed E-state index contributed by atoms with van der Waals surface area (Å²) < 4.78 is 0. The molecule has 8 nitrogen and oxygen atoms in total. The Morgan fingerprint density at radius 1 is 0.370 bits per heavy atom. The number of aromatic nitrogens is 4. The first-order valence-electron chi connectivity index (χ1n) is 17.4. The summed E-state index contributed by atoms with van der Waals surface area (Å²) in [5.41, 5.74) is 13.6. The van der Waals surface area contributed by atoms with Crippen LogP contribution in [0.4, 0.5) is 0 Å². The first-order valence-corrected chi connectivity index (χ1v) is 17.4. The third kappa shape index (κ3) is 5.78. The highest BCUT2D eigenvalue weighted by Gasteiger charge is 2.20. The van der Waals surface area contributed by atoms with Crippen LogP contribution in [0.1, 0.15) is 43.5 Å². The van der Waals surface area contributed by atoms with Gasteiger partial charge in [0.15, 0.2) is 0 Å². The predicted octanol–water partition coefficient (Wildman–Crippen LogP) is 10.7. The third-order valence-electron chi connectivity index (χ3n) is 9.72. The van der Waals surface area contributed by atoms with E-state index < -0.39 is 11.9 Å². The van der Waals surface area contributed by atoms with Crippen LogP contribution in [-0.2, 0) is 0 Å². The molecule has 4 N–H and O–H groups in total. The van der Waals surface area contributed by atoms with Gasteiger partial charge in [0.25, 0.3) is 0 Å². The molecule has 8 bridgehead atoms. The van der Waals surface area contributed by atoms with Crippen LogP contribution < -0.4 is 0 Å². The number of carbonyl (C=O) groups is 2. The van der Waals surface area contributed by atoms with E-state index in [9.17, 15) is 19.8 Å². The molecule has 258 valence electrons. The number of carboxylic acid groups (broad SMARTS) is 2. The maximum absolute atomic E-state index is 11.8. The van der Waals surface area contributed by atoms with Gasteiger partial charge in [-0.25, -0.2) is 19.6 Å². The van der Waals surface area contributed by atoms with Crippen LogP contribution in [0, 0.1) is 0 Å². The lowest BCUT2D eigenvalue weighted by Gasteiger charge is -2.07. The smallest absolute Gasteiger partial charge is 0.335 e. The second-order valence-electron chi connectivity index (χ2n) is 13.0. The van der Waals surface area contributed by atoms with Crippen LogP contribution in [-0.4, -0.2) is 42.1 Å². The second kappa shape index (κ2) is 13.2. The molecule has 0 atom stereocenters. The van der Waals surface area contributed by atoms with Gasteiger partial charge in [0.1, 0.15) is 0 Å². The Morgan fingerprint density at radius 2 is 0.685 bits per heavy atom. The molecular formula is C46H30N4O4. The minimum absolute atomic E-state index is 0.193. The molecule has 0 aliphatic carbocycles. The summed E-state index contributed by atoms with van der Waals surface area (Å²) in [5, 5.41) is 19.3. The monoisotopic (exact) mass is 702 g/mol. The van der Waals surface area contributed by atoms with Crippen LogP contribution in [0.5, 0.6) is 0 Å². The molecule has 0 fully saturated rings. The fourth-order valence-corrected chi connectivity index (χ4v) is 7.19. The van der Waals surface area contributed by atoms with Crippen molar-refractivity contribution in [2.45, 2.75) is 0 Å². The number of nitrogens with one attached hydrogen (secondary N) is 2. The number of rotatable bonds is 6. The Bertz CT molecular complexity index is 2710. The summed E-state index contributed by atoms with van der Waals surface area (Å²) in [7, 11) is 0. The number of fused-ring (bicyclic) bond motifs is 8. The zero-order chi connectivity index (χ0) is 36.8. The Kier molecular flexibility index (Phi) is 7.90. The number of carboxylic acids is 2. The largest absolute Gasteiger partial charge is 0.478 e. The second-order valence-corrected chi connectivity index (χ2v) is 13.0. The number of aromatic carboxylic acids is 2. The minimum Gasteiger partial charge on any atom is -0.478 e. The van der Waals surface area contributed by atoms with E-state index in [1.165, 1.54) is 0 Å². The fourth-order valence-electron chi connectivity index (χ4n) is 7.19. The van der Waals surface area contributed by atoms with Gasteiger partial charge in [0, 0.05) is 44.3 Å². The zero-order valence-corrected chi connectivity index (χ0v) is 28.6. The molecule has 2 aliphatic rings.